The fraction of sp³-hybridized carbons (Fsp3) is 0.158. The predicted molar refractivity (Wildman–Crippen MR) is 94.0 cm³/mol. The minimum absolute atomic E-state index is 0.247. The summed E-state index contributed by atoms with van der Waals surface area (Å²) in [5, 5.41) is 6.03. The van der Waals surface area contributed by atoms with Gasteiger partial charge in [0.05, 0.1) is 24.7 Å². The maximum atomic E-state index is 12.1. The van der Waals surface area contributed by atoms with Gasteiger partial charge in [-0.05, 0) is 42.0 Å². The Balaban J connectivity index is 1.31. The Kier molecular flexibility index (Phi) is 4.42. The van der Waals surface area contributed by atoms with Gasteiger partial charge in [-0.3, -0.25) is 4.79 Å². The van der Waals surface area contributed by atoms with Gasteiger partial charge in [-0.15, -0.1) is 0 Å². The number of rotatable bonds is 6. The van der Waals surface area contributed by atoms with Crippen molar-refractivity contribution < 1.29 is 18.7 Å². The van der Waals surface area contributed by atoms with E-state index in [0.717, 1.165) is 22.7 Å². The summed E-state index contributed by atoms with van der Waals surface area (Å²) in [4.78, 5) is 16.3. The number of anilines is 1. The molecule has 1 aromatic carbocycles. The topological polar surface area (TPSA) is 85.6 Å². The highest BCUT2D eigenvalue weighted by Gasteiger charge is 2.13. The van der Waals surface area contributed by atoms with Gasteiger partial charge in [0.15, 0.2) is 11.5 Å². The molecule has 0 atom stereocenters. The Bertz CT molecular complexity index is 892. The third-order valence-electron chi connectivity index (χ3n) is 3.93. The Morgan fingerprint density at radius 1 is 1.08 bits per heavy atom. The zero-order chi connectivity index (χ0) is 17.8. The van der Waals surface area contributed by atoms with Crippen LogP contribution in [-0.2, 0) is 13.1 Å². The zero-order valence-electron chi connectivity index (χ0n) is 13.9. The minimum atomic E-state index is -0.247. The molecular formula is C19H17N3O4. The van der Waals surface area contributed by atoms with Crippen LogP contribution in [0.5, 0.6) is 11.5 Å². The fourth-order valence-electron chi connectivity index (χ4n) is 2.56. The van der Waals surface area contributed by atoms with Gasteiger partial charge in [0.2, 0.25) is 6.79 Å². The van der Waals surface area contributed by atoms with E-state index >= 15 is 0 Å². The molecule has 0 saturated carbocycles. The number of nitrogens with one attached hydrogen (secondary N) is 2. The number of aromatic nitrogens is 1. The standard InChI is InChI=1S/C19H17N3O4/c23-19(22-11-15-2-1-7-24-15)16-5-4-14(10-21-16)20-9-13-3-6-17-18(8-13)26-12-25-17/h1-8,10,20H,9,11-12H2,(H,22,23). The van der Waals surface area contributed by atoms with E-state index in [9.17, 15) is 4.79 Å². The van der Waals surface area contributed by atoms with E-state index < -0.39 is 0 Å². The quantitative estimate of drug-likeness (QED) is 0.710. The number of ether oxygens (including phenoxy) is 2. The van der Waals surface area contributed by atoms with Crippen molar-refractivity contribution in [3.8, 4) is 11.5 Å². The van der Waals surface area contributed by atoms with Crippen LogP contribution < -0.4 is 20.1 Å². The van der Waals surface area contributed by atoms with Crippen LogP contribution in [0, 0.1) is 0 Å². The Hall–Kier alpha value is -3.48. The number of carbonyl (C=O) groups excluding carboxylic acids is 1. The van der Waals surface area contributed by atoms with E-state index in [1.165, 1.54) is 0 Å². The van der Waals surface area contributed by atoms with Crippen molar-refractivity contribution in [2.75, 3.05) is 12.1 Å². The largest absolute Gasteiger partial charge is 0.467 e. The fourth-order valence-corrected chi connectivity index (χ4v) is 2.56. The normalized spacial score (nSPS) is 12.0. The molecule has 1 aliphatic rings. The molecule has 3 heterocycles. The van der Waals surface area contributed by atoms with Crippen molar-refractivity contribution in [1.29, 1.82) is 0 Å². The number of benzene rings is 1. The summed E-state index contributed by atoms with van der Waals surface area (Å²) in [6.45, 7) is 1.21. The second-order valence-corrected chi connectivity index (χ2v) is 5.74. The SMILES string of the molecule is O=C(NCc1ccco1)c1ccc(NCc2ccc3c(c2)OCO3)cn1. The van der Waals surface area contributed by atoms with Crippen LogP contribution in [-0.4, -0.2) is 17.7 Å². The highest BCUT2D eigenvalue weighted by atomic mass is 16.7. The third-order valence-corrected chi connectivity index (χ3v) is 3.93. The van der Waals surface area contributed by atoms with Gasteiger partial charge in [-0.1, -0.05) is 6.07 Å². The van der Waals surface area contributed by atoms with Crippen molar-refractivity contribution in [3.05, 3.63) is 71.9 Å². The Morgan fingerprint density at radius 3 is 2.81 bits per heavy atom. The molecule has 3 aromatic rings. The maximum Gasteiger partial charge on any atom is 0.270 e. The van der Waals surface area contributed by atoms with E-state index in [2.05, 4.69) is 15.6 Å². The van der Waals surface area contributed by atoms with Gasteiger partial charge in [0, 0.05) is 6.54 Å². The molecule has 0 unspecified atom stereocenters. The molecule has 1 amide bonds. The second-order valence-electron chi connectivity index (χ2n) is 5.74. The summed E-state index contributed by atoms with van der Waals surface area (Å²) in [6.07, 6.45) is 3.20. The first-order valence-corrected chi connectivity index (χ1v) is 8.17. The number of nitrogens with zero attached hydrogens (tertiary/aromatic N) is 1. The minimum Gasteiger partial charge on any atom is -0.467 e. The molecule has 0 bridgehead atoms. The number of pyridine rings is 1. The van der Waals surface area contributed by atoms with Gasteiger partial charge in [0.25, 0.3) is 5.91 Å². The van der Waals surface area contributed by atoms with Crippen molar-refractivity contribution in [1.82, 2.24) is 10.3 Å². The number of carbonyl (C=O) groups is 1. The van der Waals surface area contributed by atoms with Gasteiger partial charge in [-0.25, -0.2) is 4.98 Å². The molecule has 7 heteroatoms. The lowest BCUT2D eigenvalue weighted by molar-refractivity contribution is 0.0943. The first-order valence-electron chi connectivity index (χ1n) is 8.17. The molecule has 0 saturated heterocycles. The lowest BCUT2D eigenvalue weighted by Gasteiger charge is -2.08. The molecule has 26 heavy (non-hydrogen) atoms. The monoisotopic (exact) mass is 351 g/mol. The van der Waals surface area contributed by atoms with E-state index in [1.54, 1.807) is 30.7 Å². The molecule has 0 radical (unpaired) electrons. The molecule has 4 rings (SSSR count). The number of furan rings is 1. The van der Waals surface area contributed by atoms with Gasteiger partial charge >= 0.3 is 0 Å². The van der Waals surface area contributed by atoms with Crippen molar-refractivity contribution >= 4 is 11.6 Å². The maximum absolute atomic E-state index is 12.1. The third kappa shape index (κ3) is 3.61. The van der Waals surface area contributed by atoms with E-state index in [-0.39, 0.29) is 12.7 Å². The number of amides is 1. The van der Waals surface area contributed by atoms with Crippen LogP contribution >= 0.6 is 0 Å². The Morgan fingerprint density at radius 2 is 2.00 bits per heavy atom. The molecule has 0 spiro atoms. The van der Waals surface area contributed by atoms with Crippen molar-refractivity contribution in [2.24, 2.45) is 0 Å². The second kappa shape index (κ2) is 7.18. The van der Waals surface area contributed by atoms with Crippen LogP contribution in [0.25, 0.3) is 0 Å². The summed E-state index contributed by atoms with van der Waals surface area (Å²) >= 11 is 0. The summed E-state index contributed by atoms with van der Waals surface area (Å²) in [6, 6.07) is 12.9. The lowest BCUT2D eigenvalue weighted by Crippen LogP contribution is -2.23. The van der Waals surface area contributed by atoms with Crippen molar-refractivity contribution in [2.45, 2.75) is 13.1 Å². The number of fused-ring (bicyclic) bond motifs is 1. The summed E-state index contributed by atoms with van der Waals surface area (Å²) < 4.78 is 15.8. The first kappa shape index (κ1) is 16.0. The van der Waals surface area contributed by atoms with Crippen LogP contribution in [0.3, 0.4) is 0 Å². The summed E-state index contributed by atoms with van der Waals surface area (Å²) in [5.74, 6) is 1.97. The molecule has 132 valence electrons. The molecule has 0 fully saturated rings. The molecule has 7 nitrogen and oxygen atoms in total. The van der Waals surface area contributed by atoms with Crippen LogP contribution in [0.15, 0.2) is 59.3 Å². The van der Waals surface area contributed by atoms with Gasteiger partial charge in [0.1, 0.15) is 11.5 Å². The zero-order valence-corrected chi connectivity index (χ0v) is 13.9. The van der Waals surface area contributed by atoms with E-state index in [1.807, 2.05) is 24.3 Å². The lowest BCUT2D eigenvalue weighted by atomic mass is 10.2. The van der Waals surface area contributed by atoms with Crippen LogP contribution in [0.2, 0.25) is 0 Å². The Labute approximate surface area is 150 Å². The van der Waals surface area contributed by atoms with E-state index in [4.69, 9.17) is 13.9 Å². The number of hydrogen-bond acceptors (Lipinski definition) is 6. The number of hydrogen-bond donors (Lipinski definition) is 2. The molecule has 2 aromatic heterocycles. The van der Waals surface area contributed by atoms with E-state index in [0.29, 0.717) is 24.5 Å². The van der Waals surface area contributed by atoms with Crippen LogP contribution in [0.4, 0.5) is 5.69 Å². The summed E-state index contributed by atoms with van der Waals surface area (Å²) in [7, 11) is 0. The average molecular weight is 351 g/mol. The smallest absolute Gasteiger partial charge is 0.270 e. The van der Waals surface area contributed by atoms with Gasteiger partial charge < -0.3 is 24.5 Å². The molecule has 0 aliphatic carbocycles. The average Bonchev–Trinajstić information content (AvgIpc) is 3.36. The first-order chi connectivity index (χ1) is 12.8. The van der Waals surface area contributed by atoms with Gasteiger partial charge in [-0.2, -0.15) is 0 Å². The summed E-state index contributed by atoms with van der Waals surface area (Å²) in [5.41, 5.74) is 2.24. The highest BCUT2D eigenvalue weighted by molar-refractivity contribution is 5.92. The molecule has 1 aliphatic heterocycles. The molecular weight excluding hydrogens is 334 g/mol. The predicted octanol–water partition coefficient (Wildman–Crippen LogP) is 2.95. The highest BCUT2D eigenvalue weighted by Crippen LogP contribution is 2.32. The van der Waals surface area contributed by atoms with Crippen molar-refractivity contribution in [3.63, 3.8) is 0 Å². The molecule has 2 N–H and O–H groups in total. The van der Waals surface area contributed by atoms with Crippen LogP contribution in [0.1, 0.15) is 21.8 Å².